The third-order valence-corrected chi connectivity index (χ3v) is 7.19. The molecular weight excluding hydrogens is 488 g/mol. The average molecular weight is 513 g/mol. The van der Waals surface area contributed by atoms with Gasteiger partial charge in [-0.3, -0.25) is 9.59 Å². The molecule has 0 saturated heterocycles. The van der Waals surface area contributed by atoms with Gasteiger partial charge in [-0.05, 0) is 47.2 Å². The number of aliphatic carboxylic acids is 1. The maximum atomic E-state index is 12.7. The highest BCUT2D eigenvalue weighted by Gasteiger charge is 2.30. The summed E-state index contributed by atoms with van der Waals surface area (Å²) in [5.41, 5.74) is 4.39. The van der Waals surface area contributed by atoms with Crippen molar-refractivity contribution in [3.63, 3.8) is 0 Å². The molecule has 1 atom stereocenters. The third kappa shape index (κ3) is 6.21. The van der Waals surface area contributed by atoms with E-state index >= 15 is 0 Å². The van der Waals surface area contributed by atoms with Crippen LogP contribution in [0.3, 0.4) is 0 Å². The van der Waals surface area contributed by atoms with Gasteiger partial charge in [0.2, 0.25) is 5.91 Å². The van der Waals surface area contributed by atoms with E-state index in [0.717, 1.165) is 27.1 Å². The Hall–Kier alpha value is -3.36. The van der Waals surface area contributed by atoms with Gasteiger partial charge in [0.15, 0.2) is 0 Å². The minimum absolute atomic E-state index is 0.0454. The van der Waals surface area contributed by atoms with E-state index in [1.807, 2.05) is 54.6 Å². The Balaban J connectivity index is 1.35. The zero-order valence-corrected chi connectivity index (χ0v) is 20.4. The molecule has 2 amide bonds. The highest BCUT2D eigenvalue weighted by molar-refractivity contribution is 7.16. The topological polar surface area (TPSA) is 105 Å². The Morgan fingerprint density at radius 2 is 1.66 bits per heavy atom. The number of carboxylic acids is 1. The van der Waals surface area contributed by atoms with E-state index in [0.29, 0.717) is 17.3 Å². The number of hydrogen-bond acceptors (Lipinski definition) is 5. The zero-order valence-electron chi connectivity index (χ0n) is 18.8. The number of nitrogens with one attached hydrogen (secondary N) is 2. The molecule has 0 spiro atoms. The Morgan fingerprint density at radius 3 is 2.26 bits per heavy atom. The molecule has 2 aromatic carbocycles. The number of alkyl carbamates (subject to hydrolysis) is 1. The van der Waals surface area contributed by atoms with E-state index in [1.54, 1.807) is 6.07 Å². The van der Waals surface area contributed by atoms with Crippen molar-refractivity contribution in [3.05, 3.63) is 81.0 Å². The Morgan fingerprint density at radius 1 is 1.00 bits per heavy atom. The molecule has 1 unspecified atom stereocenters. The monoisotopic (exact) mass is 512 g/mol. The fraction of sp³-hybridized carbons (Fsp3) is 0.269. The second-order valence-corrected chi connectivity index (χ2v) is 10.0. The number of thiophene rings is 1. The van der Waals surface area contributed by atoms with Crippen molar-refractivity contribution < 1.29 is 24.2 Å². The number of rotatable bonds is 10. The van der Waals surface area contributed by atoms with Crippen LogP contribution in [0.1, 0.15) is 34.8 Å². The number of hydrogen-bond donors (Lipinski definition) is 3. The van der Waals surface area contributed by atoms with Crippen LogP contribution in [-0.2, 0) is 20.7 Å². The van der Waals surface area contributed by atoms with Gasteiger partial charge in [-0.15, -0.1) is 11.3 Å². The Labute approximate surface area is 212 Å². The largest absolute Gasteiger partial charge is 0.481 e. The first-order chi connectivity index (χ1) is 16.9. The van der Waals surface area contributed by atoms with Crippen molar-refractivity contribution in [2.75, 3.05) is 13.2 Å². The summed E-state index contributed by atoms with van der Waals surface area (Å²) in [6.07, 6.45) is -0.486. The predicted octanol–water partition coefficient (Wildman–Crippen LogP) is 4.83. The summed E-state index contributed by atoms with van der Waals surface area (Å²) in [7, 11) is 0. The van der Waals surface area contributed by atoms with E-state index < -0.39 is 24.0 Å². The van der Waals surface area contributed by atoms with Crippen molar-refractivity contribution >= 4 is 40.9 Å². The van der Waals surface area contributed by atoms with Crippen LogP contribution in [0.5, 0.6) is 0 Å². The molecule has 3 N–H and O–H groups in total. The van der Waals surface area contributed by atoms with Gasteiger partial charge in [-0.2, -0.15) is 0 Å². The number of carbonyl (C=O) groups is 3. The molecule has 0 saturated carbocycles. The van der Waals surface area contributed by atoms with Crippen molar-refractivity contribution in [1.29, 1.82) is 0 Å². The Kier molecular flexibility index (Phi) is 8.05. The van der Waals surface area contributed by atoms with Crippen LogP contribution in [0.15, 0.2) is 60.7 Å². The molecule has 182 valence electrons. The van der Waals surface area contributed by atoms with Gasteiger partial charge in [0.1, 0.15) is 12.6 Å². The average Bonchev–Trinajstić information content (AvgIpc) is 3.41. The molecule has 1 heterocycles. The summed E-state index contributed by atoms with van der Waals surface area (Å²) in [5.74, 6) is -1.62. The molecule has 0 aliphatic heterocycles. The van der Waals surface area contributed by atoms with Crippen molar-refractivity contribution in [2.24, 2.45) is 0 Å². The zero-order chi connectivity index (χ0) is 24.8. The summed E-state index contributed by atoms with van der Waals surface area (Å²) in [5, 5.41) is 14.3. The van der Waals surface area contributed by atoms with Crippen LogP contribution in [0.25, 0.3) is 11.1 Å². The summed E-state index contributed by atoms with van der Waals surface area (Å²) >= 11 is 7.36. The molecule has 3 aromatic rings. The molecule has 0 fully saturated rings. The van der Waals surface area contributed by atoms with Crippen LogP contribution >= 0.6 is 22.9 Å². The van der Waals surface area contributed by atoms with Crippen LogP contribution in [0.2, 0.25) is 4.34 Å². The molecule has 7 nitrogen and oxygen atoms in total. The molecule has 35 heavy (non-hydrogen) atoms. The van der Waals surface area contributed by atoms with Gasteiger partial charge in [-0.25, -0.2) is 4.79 Å². The number of amides is 2. The number of ether oxygens (including phenoxy) is 1. The van der Waals surface area contributed by atoms with E-state index in [-0.39, 0.29) is 25.4 Å². The minimum Gasteiger partial charge on any atom is -0.481 e. The molecular formula is C26H25ClN2O5S. The number of benzene rings is 2. The van der Waals surface area contributed by atoms with Crippen LogP contribution in [0, 0.1) is 0 Å². The van der Waals surface area contributed by atoms with Crippen LogP contribution < -0.4 is 10.6 Å². The quantitative estimate of drug-likeness (QED) is 0.361. The number of halogens is 1. The number of carbonyl (C=O) groups excluding carboxylic acids is 2. The smallest absolute Gasteiger partial charge is 0.407 e. The lowest BCUT2D eigenvalue weighted by molar-refractivity contribution is -0.137. The fourth-order valence-corrected chi connectivity index (χ4v) is 5.32. The fourth-order valence-electron chi connectivity index (χ4n) is 4.24. The van der Waals surface area contributed by atoms with Gasteiger partial charge in [0, 0.05) is 23.8 Å². The first-order valence-electron chi connectivity index (χ1n) is 11.3. The summed E-state index contributed by atoms with van der Waals surface area (Å²) in [4.78, 5) is 37.4. The van der Waals surface area contributed by atoms with Gasteiger partial charge in [0.05, 0.1) is 4.34 Å². The lowest BCUT2D eigenvalue weighted by Gasteiger charge is -2.19. The predicted molar refractivity (Wildman–Crippen MR) is 135 cm³/mol. The van der Waals surface area contributed by atoms with E-state index in [4.69, 9.17) is 21.4 Å². The minimum atomic E-state index is -1.05. The van der Waals surface area contributed by atoms with Crippen molar-refractivity contribution in [2.45, 2.75) is 31.2 Å². The van der Waals surface area contributed by atoms with E-state index in [9.17, 15) is 14.4 Å². The van der Waals surface area contributed by atoms with Gasteiger partial charge < -0.3 is 20.5 Å². The van der Waals surface area contributed by atoms with Gasteiger partial charge in [0.25, 0.3) is 0 Å². The first kappa shape index (κ1) is 24.8. The lowest BCUT2D eigenvalue weighted by Crippen LogP contribution is -2.47. The molecule has 1 aliphatic carbocycles. The third-order valence-electron chi connectivity index (χ3n) is 5.90. The molecule has 9 heteroatoms. The number of carboxylic acid groups (broad SMARTS) is 1. The van der Waals surface area contributed by atoms with Crippen LogP contribution in [-0.4, -0.2) is 42.3 Å². The summed E-state index contributed by atoms with van der Waals surface area (Å²) < 4.78 is 6.18. The molecule has 4 rings (SSSR count). The maximum Gasteiger partial charge on any atom is 0.407 e. The Bertz CT molecular complexity index is 1180. The van der Waals surface area contributed by atoms with Crippen molar-refractivity contribution in [3.8, 4) is 11.1 Å². The first-order valence-corrected chi connectivity index (χ1v) is 12.5. The van der Waals surface area contributed by atoms with Gasteiger partial charge >= 0.3 is 12.1 Å². The normalized spacial score (nSPS) is 12.9. The highest BCUT2D eigenvalue weighted by atomic mass is 35.5. The van der Waals surface area contributed by atoms with Crippen molar-refractivity contribution in [1.82, 2.24) is 10.6 Å². The summed E-state index contributed by atoms with van der Waals surface area (Å²) in [6, 6.07) is 18.6. The molecule has 0 bridgehead atoms. The highest BCUT2D eigenvalue weighted by Crippen LogP contribution is 2.44. The SMILES string of the molecule is O=C(O)CCC(NC(=O)OCC1c2ccccc2-c2ccccc21)C(=O)NCCc1ccc(Cl)s1. The standard InChI is InChI=1S/C26H25ClN2O5S/c27-23-11-9-16(35-23)13-14-28-25(32)22(10-12-24(30)31)29-26(33)34-15-21-19-7-3-1-5-17(19)18-6-2-4-8-20(18)21/h1-9,11,21-22H,10,12-15H2,(H,28,32)(H,29,33)(H,30,31). The number of fused-ring (bicyclic) bond motifs is 3. The second kappa shape index (κ2) is 11.4. The lowest BCUT2D eigenvalue weighted by atomic mass is 9.98. The van der Waals surface area contributed by atoms with Crippen LogP contribution in [0.4, 0.5) is 4.79 Å². The van der Waals surface area contributed by atoms with E-state index in [2.05, 4.69) is 10.6 Å². The van der Waals surface area contributed by atoms with E-state index in [1.165, 1.54) is 11.3 Å². The molecule has 0 radical (unpaired) electrons. The maximum absolute atomic E-state index is 12.7. The molecule has 1 aliphatic rings. The summed E-state index contributed by atoms with van der Waals surface area (Å²) in [6.45, 7) is 0.442. The second-order valence-electron chi connectivity index (χ2n) is 8.20. The molecule has 1 aromatic heterocycles. The van der Waals surface area contributed by atoms with Gasteiger partial charge in [-0.1, -0.05) is 60.1 Å².